The first-order valence-corrected chi connectivity index (χ1v) is 17.3. The summed E-state index contributed by atoms with van der Waals surface area (Å²) >= 11 is 0. The van der Waals surface area contributed by atoms with Gasteiger partial charge in [-0.1, -0.05) is 10.2 Å². The second kappa shape index (κ2) is 32.1. The van der Waals surface area contributed by atoms with E-state index in [1.165, 1.54) is 12.0 Å². The Labute approximate surface area is 307 Å². The highest BCUT2D eigenvalue weighted by molar-refractivity contribution is 5.83. The fraction of sp³-hybridized carbons (Fsp3) is 0.900. The van der Waals surface area contributed by atoms with Gasteiger partial charge in [-0.25, -0.2) is 0 Å². The summed E-state index contributed by atoms with van der Waals surface area (Å²) in [5.74, 6) is -1.14. The molecule has 0 bridgehead atoms. The van der Waals surface area contributed by atoms with Gasteiger partial charge in [0.15, 0.2) is 6.29 Å². The normalized spacial score (nSPS) is 19.5. The molecule has 1 saturated heterocycles. The minimum Gasteiger partial charge on any atom is -0.388 e. The number of amides is 3. The van der Waals surface area contributed by atoms with Crippen molar-refractivity contribution >= 4 is 17.7 Å². The highest BCUT2D eigenvalue weighted by atomic mass is 16.7. The first kappa shape index (κ1) is 47.6. The lowest BCUT2D eigenvalue weighted by molar-refractivity contribution is -0.288. The molecule has 5 atom stereocenters. The SMILES string of the molecule is CO[C@H]1OC(CNC(=O)CCC(=O)NCCN(CCOCCOCCN=[N+]=[N-])C(=O)CCOCCOCCOCCOCCN=[N+]=[N-])[C@@H](O)C(O)C1O. The van der Waals surface area contributed by atoms with Gasteiger partial charge in [0.25, 0.3) is 0 Å². The fourth-order valence-electron chi connectivity index (χ4n) is 4.47. The molecule has 0 saturated carbocycles. The van der Waals surface area contributed by atoms with Crippen LogP contribution in [0.15, 0.2) is 10.2 Å². The summed E-state index contributed by atoms with van der Waals surface area (Å²) in [6.07, 6.45) is -6.89. The number of methoxy groups -OCH3 is 1. The molecule has 1 heterocycles. The van der Waals surface area contributed by atoms with Gasteiger partial charge >= 0.3 is 0 Å². The van der Waals surface area contributed by atoms with Gasteiger partial charge < -0.3 is 68.7 Å². The Morgan fingerprint density at radius 2 is 1.15 bits per heavy atom. The molecule has 3 unspecified atom stereocenters. The minimum atomic E-state index is -1.53. The van der Waals surface area contributed by atoms with Crippen LogP contribution in [0, 0.1) is 0 Å². The van der Waals surface area contributed by atoms with Crippen molar-refractivity contribution in [1.82, 2.24) is 15.5 Å². The van der Waals surface area contributed by atoms with Crippen LogP contribution in [0.5, 0.6) is 0 Å². The lowest BCUT2D eigenvalue weighted by Crippen LogP contribution is -2.60. The second-order valence-electron chi connectivity index (χ2n) is 11.1. The maximum Gasteiger partial charge on any atom is 0.225 e. The third kappa shape index (κ3) is 23.8. The minimum absolute atomic E-state index is 0.0833. The predicted molar refractivity (Wildman–Crippen MR) is 183 cm³/mol. The second-order valence-corrected chi connectivity index (χ2v) is 11.1. The predicted octanol–water partition coefficient (Wildman–Crippen LogP) is -1.61. The monoisotopic (exact) mass is 765 g/mol. The molecule has 5 N–H and O–H groups in total. The number of carbonyl (C=O) groups is 3. The van der Waals surface area contributed by atoms with Gasteiger partial charge in [-0.15, -0.1) is 0 Å². The van der Waals surface area contributed by atoms with E-state index in [0.29, 0.717) is 39.6 Å². The smallest absolute Gasteiger partial charge is 0.225 e. The number of rotatable bonds is 33. The van der Waals surface area contributed by atoms with Crippen LogP contribution in [0.4, 0.5) is 0 Å². The summed E-state index contributed by atoms with van der Waals surface area (Å²) in [5, 5.41) is 41.9. The summed E-state index contributed by atoms with van der Waals surface area (Å²) in [4.78, 5) is 44.5. The molecule has 0 aromatic heterocycles. The van der Waals surface area contributed by atoms with Gasteiger partial charge in [0, 0.05) is 69.0 Å². The molecule has 304 valence electrons. The summed E-state index contributed by atoms with van der Waals surface area (Å²) < 4.78 is 42.7. The number of azide groups is 2. The zero-order valence-corrected chi connectivity index (χ0v) is 30.2. The first-order chi connectivity index (χ1) is 25.7. The van der Waals surface area contributed by atoms with Crippen molar-refractivity contribution in [3.8, 4) is 0 Å². The van der Waals surface area contributed by atoms with Gasteiger partial charge in [0.05, 0.1) is 85.7 Å². The summed E-state index contributed by atoms with van der Waals surface area (Å²) in [7, 11) is 1.26. The van der Waals surface area contributed by atoms with Crippen LogP contribution in [0.2, 0.25) is 0 Å². The third-order valence-corrected chi connectivity index (χ3v) is 7.29. The number of hydrogen-bond acceptors (Lipinski definition) is 16. The number of carbonyl (C=O) groups excluding carboxylic acids is 3. The largest absolute Gasteiger partial charge is 0.388 e. The molecule has 0 aromatic rings. The molecule has 1 rings (SSSR count). The number of nitrogens with zero attached hydrogens (tertiary/aromatic N) is 7. The van der Waals surface area contributed by atoms with Gasteiger partial charge in [0.1, 0.15) is 24.4 Å². The van der Waals surface area contributed by atoms with Crippen molar-refractivity contribution in [3.63, 3.8) is 0 Å². The molecule has 23 heteroatoms. The Morgan fingerprint density at radius 1 is 0.660 bits per heavy atom. The topological polar surface area (TPSA) is 311 Å². The Bertz CT molecular complexity index is 1100. The van der Waals surface area contributed by atoms with Crippen LogP contribution in [0.25, 0.3) is 20.9 Å². The lowest BCUT2D eigenvalue weighted by atomic mass is 9.99. The molecule has 53 heavy (non-hydrogen) atoms. The van der Waals surface area contributed by atoms with Gasteiger partial charge in [0.2, 0.25) is 17.7 Å². The van der Waals surface area contributed by atoms with E-state index in [2.05, 4.69) is 30.7 Å². The van der Waals surface area contributed by atoms with E-state index in [1.54, 1.807) is 0 Å². The highest BCUT2D eigenvalue weighted by Gasteiger charge is 2.43. The molecule has 0 spiro atoms. The van der Waals surface area contributed by atoms with E-state index in [-0.39, 0.29) is 104 Å². The zero-order chi connectivity index (χ0) is 38.9. The molecular weight excluding hydrogens is 710 g/mol. The molecule has 1 fully saturated rings. The Balaban J connectivity index is 2.34. The average molecular weight is 766 g/mol. The maximum atomic E-state index is 13.0. The molecule has 1 aliphatic rings. The highest BCUT2D eigenvalue weighted by Crippen LogP contribution is 2.21. The van der Waals surface area contributed by atoms with Gasteiger partial charge in [-0.05, 0) is 11.1 Å². The van der Waals surface area contributed by atoms with E-state index < -0.39 is 42.5 Å². The van der Waals surface area contributed by atoms with E-state index in [1.807, 2.05) is 0 Å². The number of hydrogen-bond donors (Lipinski definition) is 5. The van der Waals surface area contributed by atoms with Crippen LogP contribution in [0.3, 0.4) is 0 Å². The van der Waals surface area contributed by atoms with Crippen molar-refractivity contribution in [2.45, 2.75) is 50.0 Å². The Hall–Kier alpha value is -3.41. The van der Waals surface area contributed by atoms with Crippen LogP contribution < -0.4 is 10.6 Å². The quantitative estimate of drug-likeness (QED) is 0.0217. The number of aliphatic hydroxyl groups is 3. The third-order valence-electron chi connectivity index (χ3n) is 7.29. The molecule has 0 aliphatic carbocycles. The fourth-order valence-corrected chi connectivity index (χ4v) is 4.47. The first-order valence-electron chi connectivity index (χ1n) is 17.3. The van der Waals surface area contributed by atoms with Crippen LogP contribution >= 0.6 is 0 Å². The van der Waals surface area contributed by atoms with E-state index in [4.69, 9.17) is 49.0 Å². The van der Waals surface area contributed by atoms with E-state index in [0.717, 1.165) is 0 Å². The van der Waals surface area contributed by atoms with Crippen LogP contribution in [-0.4, -0.2) is 194 Å². The maximum absolute atomic E-state index is 13.0. The zero-order valence-electron chi connectivity index (χ0n) is 30.2. The van der Waals surface area contributed by atoms with Crippen LogP contribution in [0.1, 0.15) is 19.3 Å². The lowest BCUT2D eigenvalue weighted by Gasteiger charge is -2.39. The standard InChI is InChI=1S/C30H55N9O14/c1-46-30-29(45)28(44)27(43)23(53-30)22-34-25(41)3-2-24(40)33-5-8-39(9-13-50-17-15-48-11-6-35-37-31)26(42)4-10-47-14-18-51-20-21-52-19-16-49-12-7-36-38-32/h23,27-30,43-45H,2-22H2,1H3,(H,33,40)(H,34,41)/t23?,27-,28?,29?,30+/m1/s1. The van der Waals surface area contributed by atoms with Gasteiger partial charge in [-0.3, -0.25) is 14.4 Å². The van der Waals surface area contributed by atoms with E-state index in [9.17, 15) is 29.7 Å². The molecule has 23 nitrogen and oxygen atoms in total. The number of nitrogens with one attached hydrogen (secondary N) is 2. The molecule has 0 aromatic carbocycles. The van der Waals surface area contributed by atoms with Crippen molar-refractivity contribution in [2.75, 3.05) is 126 Å². The van der Waals surface area contributed by atoms with Crippen molar-refractivity contribution in [3.05, 3.63) is 20.9 Å². The van der Waals surface area contributed by atoms with Gasteiger partial charge in [-0.2, -0.15) is 0 Å². The summed E-state index contributed by atoms with van der Waals surface area (Å²) in [6.45, 7) is 4.39. The summed E-state index contributed by atoms with van der Waals surface area (Å²) in [6, 6.07) is 0. The van der Waals surface area contributed by atoms with Crippen molar-refractivity contribution in [2.24, 2.45) is 10.2 Å². The molecular formula is C30H55N9O14. The molecule has 1 aliphatic heterocycles. The van der Waals surface area contributed by atoms with Crippen molar-refractivity contribution in [1.29, 1.82) is 0 Å². The summed E-state index contributed by atoms with van der Waals surface area (Å²) in [5.41, 5.74) is 16.5. The Kier molecular flexibility index (Phi) is 28.8. The van der Waals surface area contributed by atoms with Crippen molar-refractivity contribution < 1.29 is 67.6 Å². The average Bonchev–Trinajstić information content (AvgIpc) is 3.15. The molecule has 3 amide bonds. The number of aliphatic hydroxyl groups excluding tert-OH is 3. The van der Waals surface area contributed by atoms with Crippen LogP contribution in [-0.2, 0) is 52.3 Å². The molecule has 0 radical (unpaired) electrons. The number of ether oxygens (including phenoxy) is 8. The van der Waals surface area contributed by atoms with E-state index >= 15 is 0 Å². The Morgan fingerprint density at radius 3 is 1.68 bits per heavy atom.